The summed E-state index contributed by atoms with van der Waals surface area (Å²) in [6.45, 7) is 5.51. The number of aromatic amines is 1. The lowest BCUT2D eigenvalue weighted by atomic mass is 10.2. The molecule has 1 aromatic carbocycles. The number of nitrogens with one attached hydrogen (secondary N) is 2. The second kappa shape index (κ2) is 5.57. The summed E-state index contributed by atoms with van der Waals surface area (Å²) in [5.41, 5.74) is 3.11. The number of likely N-dealkylation sites (tertiary alicyclic amines) is 1. The van der Waals surface area contributed by atoms with Crippen LogP contribution in [-0.2, 0) is 0 Å². The molecule has 0 aliphatic carbocycles. The number of benzene rings is 1. The first-order valence-electron chi connectivity index (χ1n) is 8.06. The highest BCUT2D eigenvalue weighted by Gasteiger charge is 2.23. The molecular weight excluding hydrogens is 274 g/mol. The molecular formula is C17H21N5. The fourth-order valence-corrected chi connectivity index (χ4v) is 3.53. The van der Waals surface area contributed by atoms with Crippen LogP contribution in [0.2, 0.25) is 0 Å². The molecule has 2 aromatic heterocycles. The normalized spacial score (nSPS) is 19.2. The Labute approximate surface area is 129 Å². The Morgan fingerprint density at radius 2 is 2.23 bits per heavy atom. The zero-order valence-corrected chi connectivity index (χ0v) is 12.8. The summed E-state index contributed by atoms with van der Waals surface area (Å²) in [6, 6.07) is 8.87. The minimum atomic E-state index is 0.611. The zero-order chi connectivity index (χ0) is 14.9. The van der Waals surface area contributed by atoms with Crippen molar-refractivity contribution in [1.29, 1.82) is 0 Å². The molecule has 0 bridgehead atoms. The van der Waals surface area contributed by atoms with Crippen molar-refractivity contribution in [2.24, 2.45) is 0 Å². The van der Waals surface area contributed by atoms with E-state index in [2.05, 4.69) is 44.2 Å². The van der Waals surface area contributed by atoms with E-state index in [1.54, 1.807) is 6.33 Å². The predicted octanol–water partition coefficient (Wildman–Crippen LogP) is 3.01. The SMILES string of the molecule is CCN1CCC[C@H]1CNc1ncnc2c1[nH]c1ccccc12. The summed E-state index contributed by atoms with van der Waals surface area (Å²) in [6.07, 6.45) is 4.21. The van der Waals surface area contributed by atoms with Gasteiger partial charge < -0.3 is 10.3 Å². The molecule has 5 heteroatoms. The number of likely N-dealkylation sites (N-methyl/N-ethyl adjacent to an activating group) is 1. The van der Waals surface area contributed by atoms with E-state index in [1.165, 1.54) is 19.4 Å². The number of anilines is 1. The lowest BCUT2D eigenvalue weighted by Crippen LogP contribution is -2.34. The van der Waals surface area contributed by atoms with E-state index in [1.807, 2.05) is 12.1 Å². The van der Waals surface area contributed by atoms with Gasteiger partial charge in [0.2, 0.25) is 0 Å². The molecule has 0 amide bonds. The van der Waals surface area contributed by atoms with Gasteiger partial charge in [0.25, 0.3) is 0 Å². The Morgan fingerprint density at radius 3 is 3.14 bits per heavy atom. The van der Waals surface area contributed by atoms with Crippen LogP contribution in [-0.4, -0.2) is 45.5 Å². The van der Waals surface area contributed by atoms with Gasteiger partial charge in [-0.2, -0.15) is 0 Å². The van der Waals surface area contributed by atoms with Gasteiger partial charge in [-0.15, -0.1) is 0 Å². The molecule has 2 N–H and O–H groups in total. The summed E-state index contributed by atoms with van der Waals surface area (Å²) in [5.74, 6) is 0.907. The number of nitrogens with zero attached hydrogens (tertiary/aromatic N) is 3. The van der Waals surface area contributed by atoms with Gasteiger partial charge in [0.1, 0.15) is 17.4 Å². The third kappa shape index (κ3) is 2.22. The third-order valence-electron chi connectivity index (χ3n) is 4.70. The first-order valence-corrected chi connectivity index (χ1v) is 8.06. The van der Waals surface area contributed by atoms with E-state index in [-0.39, 0.29) is 0 Å². The lowest BCUT2D eigenvalue weighted by Gasteiger charge is -2.23. The van der Waals surface area contributed by atoms with Crippen LogP contribution < -0.4 is 5.32 Å². The van der Waals surface area contributed by atoms with Crippen molar-refractivity contribution in [3.8, 4) is 0 Å². The van der Waals surface area contributed by atoms with Crippen LogP contribution in [0.15, 0.2) is 30.6 Å². The summed E-state index contributed by atoms with van der Waals surface area (Å²) in [7, 11) is 0. The number of para-hydroxylation sites is 1. The lowest BCUT2D eigenvalue weighted by molar-refractivity contribution is 0.277. The van der Waals surface area contributed by atoms with E-state index in [0.29, 0.717) is 6.04 Å². The molecule has 0 radical (unpaired) electrons. The van der Waals surface area contributed by atoms with Crippen LogP contribution in [0.25, 0.3) is 21.9 Å². The van der Waals surface area contributed by atoms with Crippen molar-refractivity contribution in [2.75, 3.05) is 25.0 Å². The maximum absolute atomic E-state index is 4.45. The summed E-state index contributed by atoms with van der Waals surface area (Å²) in [5, 5.41) is 4.68. The molecule has 22 heavy (non-hydrogen) atoms. The van der Waals surface area contributed by atoms with Crippen LogP contribution in [0.3, 0.4) is 0 Å². The minimum absolute atomic E-state index is 0.611. The van der Waals surface area contributed by atoms with Crippen LogP contribution in [0, 0.1) is 0 Å². The highest BCUT2D eigenvalue weighted by molar-refractivity contribution is 6.07. The van der Waals surface area contributed by atoms with E-state index < -0.39 is 0 Å². The van der Waals surface area contributed by atoms with Gasteiger partial charge in [-0.1, -0.05) is 25.1 Å². The quantitative estimate of drug-likeness (QED) is 0.777. The van der Waals surface area contributed by atoms with Crippen molar-refractivity contribution in [3.63, 3.8) is 0 Å². The summed E-state index contributed by atoms with van der Waals surface area (Å²) >= 11 is 0. The van der Waals surface area contributed by atoms with E-state index in [0.717, 1.165) is 40.8 Å². The standard InChI is InChI=1S/C17H21N5/c1-2-22-9-5-6-12(22)10-18-17-16-15(19-11-20-17)13-7-3-4-8-14(13)21-16/h3-4,7-8,11-12,21H,2,5-6,9-10H2,1H3,(H,18,19,20)/t12-/m0/s1. The highest BCUT2D eigenvalue weighted by Crippen LogP contribution is 2.27. The van der Waals surface area contributed by atoms with Gasteiger partial charge >= 0.3 is 0 Å². The second-order valence-corrected chi connectivity index (χ2v) is 5.92. The van der Waals surface area contributed by atoms with Crippen LogP contribution in [0.4, 0.5) is 5.82 Å². The van der Waals surface area contributed by atoms with Gasteiger partial charge in [0, 0.05) is 23.5 Å². The number of hydrogen-bond acceptors (Lipinski definition) is 4. The monoisotopic (exact) mass is 295 g/mol. The molecule has 1 aliphatic heterocycles. The minimum Gasteiger partial charge on any atom is -0.367 e. The van der Waals surface area contributed by atoms with E-state index in [9.17, 15) is 0 Å². The Hall–Kier alpha value is -2.14. The average Bonchev–Trinajstić information content (AvgIpc) is 3.17. The number of H-pyrrole nitrogens is 1. The number of rotatable bonds is 4. The molecule has 3 aromatic rings. The molecule has 4 rings (SSSR count). The van der Waals surface area contributed by atoms with Crippen molar-refractivity contribution < 1.29 is 0 Å². The van der Waals surface area contributed by atoms with E-state index in [4.69, 9.17) is 0 Å². The molecule has 114 valence electrons. The number of hydrogen-bond donors (Lipinski definition) is 2. The van der Waals surface area contributed by atoms with Crippen molar-refractivity contribution >= 4 is 27.8 Å². The second-order valence-electron chi connectivity index (χ2n) is 5.92. The van der Waals surface area contributed by atoms with Gasteiger partial charge in [-0.25, -0.2) is 9.97 Å². The van der Waals surface area contributed by atoms with Gasteiger partial charge in [-0.05, 0) is 32.0 Å². The van der Waals surface area contributed by atoms with Gasteiger partial charge in [0.15, 0.2) is 5.82 Å². The molecule has 1 aliphatic rings. The molecule has 0 spiro atoms. The largest absolute Gasteiger partial charge is 0.367 e. The van der Waals surface area contributed by atoms with Crippen LogP contribution >= 0.6 is 0 Å². The van der Waals surface area contributed by atoms with Crippen molar-refractivity contribution in [1.82, 2.24) is 19.9 Å². The van der Waals surface area contributed by atoms with Crippen molar-refractivity contribution in [3.05, 3.63) is 30.6 Å². The molecule has 0 saturated carbocycles. The maximum atomic E-state index is 4.45. The number of fused-ring (bicyclic) bond motifs is 3. The zero-order valence-electron chi connectivity index (χ0n) is 12.8. The molecule has 5 nitrogen and oxygen atoms in total. The highest BCUT2D eigenvalue weighted by atomic mass is 15.2. The van der Waals surface area contributed by atoms with Crippen molar-refractivity contribution in [2.45, 2.75) is 25.8 Å². The molecule has 1 saturated heterocycles. The summed E-state index contributed by atoms with van der Waals surface area (Å²) in [4.78, 5) is 14.9. The van der Waals surface area contributed by atoms with Gasteiger partial charge in [0.05, 0.1) is 0 Å². The topological polar surface area (TPSA) is 56.8 Å². The fourth-order valence-electron chi connectivity index (χ4n) is 3.53. The van der Waals surface area contributed by atoms with Gasteiger partial charge in [-0.3, -0.25) is 4.90 Å². The predicted molar refractivity (Wildman–Crippen MR) is 90.2 cm³/mol. The maximum Gasteiger partial charge on any atom is 0.153 e. The first kappa shape index (κ1) is 13.5. The Bertz CT molecular complexity index is 794. The fraction of sp³-hybridized carbons (Fsp3) is 0.412. The Balaban J connectivity index is 1.64. The number of aromatic nitrogens is 3. The van der Waals surface area contributed by atoms with Crippen LogP contribution in [0.5, 0.6) is 0 Å². The molecule has 1 atom stereocenters. The first-order chi connectivity index (χ1) is 10.9. The Kier molecular flexibility index (Phi) is 3.42. The smallest absolute Gasteiger partial charge is 0.153 e. The summed E-state index contributed by atoms with van der Waals surface area (Å²) < 4.78 is 0. The third-order valence-corrected chi connectivity index (χ3v) is 4.70. The average molecular weight is 295 g/mol. The molecule has 1 fully saturated rings. The van der Waals surface area contributed by atoms with E-state index >= 15 is 0 Å². The van der Waals surface area contributed by atoms with Crippen LogP contribution in [0.1, 0.15) is 19.8 Å². The molecule has 0 unspecified atom stereocenters. The molecule has 3 heterocycles. The Morgan fingerprint density at radius 1 is 1.32 bits per heavy atom.